The molecule has 0 aromatic heterocycles. The van der Waals surface area contributed by atoms with Crippen LogP contribution < -0.4 is 18.9 Å². The molecular weight excluding hydrogens is 418 g/mol. The van der Waals surface area contributed by atoms with Gasteiger partial charge in [-0.15, -0.1) is 0 Å². The molecule has 0 spiro atoms. The molecule has 0 fully saturated rings. The van der Waals surface area contributed by atoms with Gasteiger partial charge in [0.05, 0.1) is 3.91 Å². The summed E-state index contributed by atoms with van der Waals surface area (Å²) in [5.74, 6) is 0. The third-order valence-electron chi connectivity index (χ3n) is 1.57. The minimum atomic E-state index is -8.02. The van der Waals surface area contributed by atoms with E-state index in [-0.39, 0.29) is 18.9 Å². The van der Waals surface area contributed by atoms with E-state index in [1.165, 1.54) is 0 Å². The minimum Gasteiger partial charge on any atom is -0.251 e. The Morgan fingerprint density at radius 1 is 0.478 bits per heavy atom. The van der Waals surface area contributed by atoms with E-state index in [2.05, 4.69) is 0 Å². The molecule has 0 saturated carbocycles. The maximum Gasteiger partial charge on any atom is 1.00 e. The van der Waals surface area contributed by atoms with Crippen molar-refractivity contribution in [3.05, 3.63) is 3.91 Å². The van der Waals surface area contributed by atoms with Gasteiger partial charge in [0, 0.05) is 0 Å². The van der Waals surface area contributed by atoms with Crippen molar-refractivity contribution in [2.75, 3.05) is 0 Å². The van der Waals surface area contributed by atoms with Crippen LogP contribution in [-0.4, -0.2) is 41.8 Å². The summed E-state index contributed by atoms with van der Waals surface area (Å²) in [6, 6.07) is 0. The number of hydrogen-bond donors (Lipinski definition) is 0. The summed E-state index contributed by atoms with van der Waals surface area (Å²) in [5.41, 5.74) is -21.2. The molecule has 0 aromatic carbocycles. The molecule has 0 saturated heterocycles. The number of alkyl halides is 9. The normalized spacial score (nSPS) is 15.4. The molecule has 0 aliphatic rings. The van der Waals surface area contributed by atoms with Crippen LogP contribution in [0.3, 0.4) is 0 Å². The molecule has 6 nitrogen and oxygen atoms in total. The zero-order valence-corrected chi connectivity index (χ0v) is 12.5. The second kappa shape index (κ2) is 6.27. The van der Waals surface area contributed by atoms with Crippen molar-refractivity contribution in [2.24, 2.45) is 0 Å². The van der Waals surface area contributed by atoms with E-state index < -0.39 is 50.0 Å². The van der Waals surface area contributed by atoms with Crippen molar-refractivity contribution in [3.63, 3.8) is 0 Å². The fourth-order valence-corrected chi connectivity index (χ4v) is 6.45. The number of hydrogen-bond acceptors (Lipinski definition) is 6. The Labute approximate surface area is 133 Å². The molecule has 0 amide bonds. The van der Waals surface area contributed by atoms with E-state index in [1.807, 2.05) is 0 Å². The number of halogens is 9. The van der Waals surface area contributed by atoms with Crippen molar-refractivity contribution in [1.82, 2.24) is 0 Å². The fraction of sp³-hybridized carbons (Fsp3) is 0.750. The zero-order valence-electron chi connectivity index (χ0n) is 10.1. The second-order valence-electron chi connectivity index (χ2n) is 3.10. The Hall–Kier alpha value is -0.183. The number of rotatable bonds is 3. The van der Waals surface area contributed by atoms with Gasteiger partial charge < -0.3 is 0 Å². The first-order valence-electron chi connectivity index (χ1n) is 3.93. The summed E-state index contributed by atoms with van der Waals surface area (Å²) < 4.78 is 167. The summed E-state index contributed by atoms with van der Waals surface area (Å²) >= 11 is 0. The van der Waals surface area contributed by atoms with Crippen molar-refractivity contribution < 1.29 is 83.6 Å². The number of sulfone groups is 3. The van der Waals surface area contributed by atoms with E-state index >= 15 is 0 Å². The van der Waals surface area contributed by atoms with Gasteiger partial charge in [-0.1, -0.05) is 0 Å². The van der Waals surface area contributed by atoms with Gasteiger partial charge in [0.1, 0.15) is 0 Å². The van der Waals surface area contributed by atoms with Crippen LogP contribution in [0.1, 0.15) is 0 Å². The smallest absolute Gasteiger partial charge is 0.251 e. The molecular formula is C4F9LiO6S3. The second-order valence-corrected chi connectivity index (χ2v) is 9.51. The van der Waals surface area contributed by atoms with Crippen LogP contribution in [0.25, 0.3) is 0 Å². The van der Waals surface area contributed by atoms with Crippen molar-refractivity contribution in [2.45, 2.75) is 16.5 Å². The predicted molar refractivity (Wildman–Crippen MR) is 48.2 cm³/mol. The van der Waals surface area contributed by atoms with Crippen molar-refractivity contribution in [1.29, 1.82) is 0 Å². The van der Waals surface area contributed by atoms with Crippen LogP contribution in [0.5, 0.6) is 0 Å². The molecule has 0 radical (unpaired) electrons. The maximum atomic E-state index is 12.0. The molecule has 0 aliphatic carbocycles. The zero-order chi connectivity index (χ0) is 18.6. The molecule has 0 N–H and O–H groups in total. The van der Waals surface area contributed by atoms with Gasteiger partial charge >= 0.3 is 35.4 Å². The summed E-state index contributed by atoms with van der Waals surface area (Å²) in [5, 5.41) is 0. The van der Waals surface area contributed by atoms with Gasteiger partial charge in [-0.3, -0.25) is 25.3 Å². The van der Waals surface area contributed by atoms with Crippen molar-refractivity contribution >= 4 is 29.5 Å². The summed E-state index contributed by atoms with van der Waals surface area (Å²) in [6.45, 7) is 0. The molecule has 0 rings (SSSR count). The van der Waals surface area contributed by atoms with Crippen LogP contribution in [0.15, 0.2) is 0 Å². The Kier molecular flexibility index (Phi) is 6.84. The molecule has 0 aromatic rings. The van der Waals surface area contributed by atoms with Gasteiger partial charge in [-0.25, -0.2) is 0 Å². The first kappa shape index (κ1) is 25.1. The van der Waals surface area contributed by atoms with E-state index in [4.69, 9.17) is 0 Å². The summed E-state index contributed by atoms with van der Waals surface area (Å²) in [7, 11) is -24.1. The van der Waals surface area contributed by atoms with Crippen LogP contribution >= 0.6 is 0 Å². The van der Waals surface area contributed by atoms with Gasteiger partial charge in [0.15, 0.2) is 29.5 Å². The molecule has 23 heavy (non-hydrogen) atoms. The van der Waals surface area contributed by atoms with Gasteiger partial charge in [0.25, 0.3) is 0 Å². The first-order valence-corrected chi connectivity index (χ1v) is 8.38. The quantitative estimate of drug-likeness (QED) is 0.306. The molecule has 0 atom stereocenters. The summed E-state index contributed by atoms with van der Waals surface area (Å²) in [4.78, 5) is 0. The average molecular weight is 418 g/mol. The van der Waals surface area contributed by atoms with Crippen molar-refractivity contribution in [3.8, 4) is 0 Å². The van der Waals surface area contributed by atoms with Gasteiger partial charge in [-0.2, -0.15) is 39.5 Å². The maximum absolute atomic E-state index is 12.0. The molecule has 0 heterocycles. The topological polar surface area (TPSA) is 102 Å². The molecule has 19 heteroatoms. The fourth-order valence-electron chi connectivity index (χ4n) is 0.717. The van der Waals surface area contributed by atoms with E-state index in [1.54, 1.807) is 0 Å². The third-order valence-corrected chi connectivity index (χ3v) is 8.67. The Morgan fingerprint density at radius 3 is 0.696 bits per heavy atom. The average Bonchev–Trinajstić information content (AvgIpc) is 2.09. The molecule has 0 unspecified atom stereocenters. The van der Waals surface area contributed by atoms with Crippen LogP contribution in [0.2, 0.25) is 0 Å². The van der Waals surface area contributed by atoms with Gasteiger partial charge in [-0.05, 0) is 0 Å². The van der Waals surface area contributed by atoms with E-state index in [0.717, 1.165) is 0 Å². The van der Waals surface area contributed by atoms with E-state index in [0.29, 0.717) is 0 Å². The molecule has 0 aliphatic heterocycles. The largest absolute Gasteiger partial charge is 1.00 e. The van der Waals surface area contributed by atoms with Crippen LogP contribution in [0, 0.1) is 3.91 Å². The Bertz CT molecular complexity index is 634. The molecule has 134 valence electrons. The van der Waals surface area contributed by atoms with Gasteiger partial charge in [0.2, 0.25) is 0 Å². The SMILES string of the molecule is O=S(=O)([C-](S(=O)(=O)C(F)(F)F)S(=O)(=O)C(F)(F)F)C(F)(F)F.[Li+]. The summed E-state index contributed by atoms with van der Waals surface area (Å²) in [6.07, 6.45) is 0. The first-order chi connectivity index (χ1) is 9.12. The molecule has 0 bridgehead atoms. The Balaban J connectivity index is 0. The minimum absolute atomic E-state index is 0. The predicted octanol–water partition coefficient (Wildman–Crippen LogP) is -1.76. The standard InChI is InChI=1S/C4F9O6S3.Li/c5-2(6,7)20(14,15)1(21(16,17)3(8,9)10)22(18,19)4(11,12)13;/q-1;+1. The van der Waals surface area contributed by atoms with Crippen LogP contribution in [-0.2, 0) is 29.5 Å². The van der Waals surface area contributed by atoms with Crippen LogP contribution in [0.4, 0.5) is 39.5 Å². The Morgan fingerprint density at radius 2 is 0.609 bits per heavy atom. The monoisotopic (exact) mass is 418 g/mol. The van der Waals surface area contributed by atoms with E-state index in [9.17, 15) is 64.8 Å². The third kappa shape index (κ3) is 4.27.